The molecule has 4 heteroatoms. The predicted octanol–water partition coefficient (Wildman–Crippen LogP) is 3.01. The second-order valence-corrected chi connectivity index (χ2v) is 4.69. The van der Waals surface area contributed by atoms with Gasteiger partial charge in [0.15, 0.2) is 0 Å². The Morgan fingerprint density at radius 1 is 0.905 bits per heavy atom. The third-order valence-electron chi connectivity index (χ3n) is 3.23. The summed E-state index contributed by atoms with van der Waals surface area (Å²) in [6.07, 6.45) is 0. The molecule has 4 nitrogen and oxygen atoms in total. The number of hydrogen-bond donors (Lipinski definition) is 2. The van der Waals surface area contributed by atoms with Crippen molar-refractivity contribution >= 4 is 10.9 Å². The van der Waals surface area contributed by atoms with E-state index in [1.165, 1.54) is 0 Å². The summed E-state index contributed by atoms with van der Waals surface area (Å²) in [5.41, 5.74) is 2.18. The van der Waals surface area contributed by atoms with Gasteiger partial charge in [0, 0.05) is 11.5 Å². The van der Waals surface area contributed by atoms with Crippen LogP contribution in [0.4, 0.5) is 0 Å². The highest BCUT2D eigenvalue weighted by atomic mass is 16.5. The molecule has 0 aliphatic carbocycles. The molecule has 3 aromatic rings. The van der Waals surface area contributed by atoms with Gasteiger partial charge in [-0.3, -0.25) is 4.98 Å². The first-order chi connectivity index (χ1) is 10.3. The van der Waals surface area contributed by atoms with Crippen molar-refractivity contribution < 1.29 is 14.9 Å². The summed E-state index contributed by atoms with van der Waals surface area (Å²) in [5.74, 6) is 1.33. The van der Waals surface area contributed by atoms with E-state index in [1.54, 1.807) is 18.2 Å². The Hall–Kier alpha value is -2.43. The maximum absolute atomic E-state index is 9.31. The van der Waals surface area contributed by atoms with Crippen molar-refractivity contribution in [1.29, 1.82) is 0 Å². The van der Waals surface area contributed by atoms with Crippen LogP contribution in [0, 0.1) is 0 Å². The minimum atomic E-state index is -0.134. The quantitative estimate of drug-likeness (QED) is 0.771. The zero-order valence-electron chi connectivity index (χ0n) is 11.4. The van der Waals surface area contributed by atoms with Gasteiger partial charge in [-0.25, -0.2) is 0 Å². The highest BCUT2D eigenvalue weighted by molar-refractivity contribution is 5.85. The number of benzene rings is 2. The molecule has 1 aromatic heterocycles. The van der Waals surface area contributed by atoms with Crippen LogP contribution in [0.3, 0.4) is 0 Å². The molecule has 2 aromatic carbocycles. The molecular formula is C17H15NO3. The van der Waals surface area contributed by atoms with Crippen LogP contribution < -0.4 is 4.74 Å². The van der Waals surface area contributed by atoms with Crippen molar-refractivity contribution in [3.05, 3.63) is 65.9 Å². The van der Waals surface area contributed by atoms with Crippen molar-refractivity contribution in [2.75, 3.05) is 0 Å². The van der Waals surface area contributed by atoms with Gasteiger partial charge >= 0.3 is 0 Å². The molecular weight excluding hydrogens is 266 g/mol. The van der Waals surface area contributed by atoms with Crippen molar-refractivity contribution in [2.24, 2.45) is 0 Å². The number of pyridine rings is 1. The van der Waals surface area contributed by atoms with E-state index in [0.717, 1.165) is 16.5 Å². The van der Waals surface area contributed by atoms with Crippen LogP contribution in [0.15, 0.2) is 54.6 Å². The Morgan fingerprint density at radius 2 is 1.67 bits per heavy atom. The third-order valence-corrected chi connectivity index (χ3v) is 3.23. The molecule has 0 amide bonds. The molecule has 0 radical (unpaired) electrons. The average molecular weight is 281 g/mol. The van der Waals surface area contributed by atoms with Crippen LogP contribution in [0.2, 0.25) is 0 Å². The Balaban J connectivity index is 2.01. The number of aromatic nitrogens is 1. The molecule has 0 aliphatic rings. The maximum Gasteiger partial charge on any atom is 0.138 e. The largest absolute Gasteiger partial charge is 0.457 e. The van der Waals surface area contributed by atoms with E-state index in [-0.39, 0.29) is 13.2 Å². The van der Waals surface area contributed by atoms with Gasteiger partial charge in [0.25, 0.3) is 0 Å². The van der Waals surface area contributed by atoms with Gasteiger partial charge in [-0.15, -0.1) is 0 Å². The van der Waals surface area contributed by atoms with Gasteiger partial charge in [0.05, 0.1) is 24.4 Å². The Bertz CT molecular complexity index is 754. The lowest BCUT2D eigenvalue weighted by atomic mass is 10.2. The Kier molecular flexibility index (Phi) is 3.81. The van der Waals surface area contributed by atoms with Gasteiger partial charge in [0.2, 0.25) is 0 Å². The fourth-order valence-electron chi connectivity index (χ4n) is 2.15. The normalized spacial score (nSPS) is 10.8. The summed E-state index contributed by atoms with van der Waals surface area (Å²) in [4.78, 5) is 4.36. The SMILES string of the molecule is OCc1ccc(Oc2cc(CO)nc3ccccc23)cc1. The van der Waals surface area contributed by atoms with Crippen LogP contribution in [0.1, 0.15) is 11.3 Å². The van der Waals surface area contributed by atoms with Gasteiger partial charge < -0.3 is 14.9 Å². The summed E-state index contributed by atoms with van der Waals surface area (Å²) in [5, 5.41) is 19.3. The summed E-state index contributed by atoms with van der Waals surface area (Å²) in [7, 11) is 0. The standard InChI is InChI=1S/C17H15NO3/c19-10-12-5-7-14(8-6-12)21-17-9-13(11-20)18-16-4-2-1-3-15(16)17/h1-9,19-20H,10-11H2. The second kappa shape index (κ2) is 5.91. The minimum Gasteiger partial charge on any atom is -0.457 e. The van der Waals surface area contributed by atoms with Crippen LogP contribution in [0.25, 0.3) is 10.9 Å². The van der Waals surface area contributed by atoms with E-state index >= 15 is 0 Å². The highest BCUT2D eigenvalue weighted by Gasteiger charge is 2.07. The molecule has 0 aliphatic heterocycles. The number of fused-ring (bicyclic) bond motifs is 1. The van der Waals surface area contributed by atoms with E-state index in [2.05, 4.69) is 4.98 Å². The van der Waals surface area contributed by atoms with Gasteiger partial charge in [-0.2, -0.15) is 0 Å². The molecule has 0 atom stereocenters. The molecule has 0 saturated heterocycles. The van der Waals surface area contributed by atoms with E-state index in [9.17, 15) is 5.11 Å². The minimum absolute atomic E-state index is 0.00707. The molecule has 3 rings (SSSR count). The molecule has 0 spiro atoms. The average Bonchev–Trinajstić information content (AvgIpc) is 2.55. The summed E-state index contributed by atoms with van der Waals surface area (Å²) in [6, 6.07) is 16.6. The lowest BCUT2D eigenvalue weighted by molar-refractivity contribution is 0.276. The summed E-state index contributed by atoms with van der Waals surface area (Å²) >= 11 is 0. The van der Waals surface area contributed by atoms with Gasteiger partial charge in [0.1, 0.15) is 11.5 Å². The molecule has 0 fully saturated rings. The van der Waals surface area contributed by atoms with Gasteiger partial charge in [-0.05, 0) is 29.8 Å². The van der Waals surface area contributed by atoms with E-state index in [4.69, 9.17) is 9.84 Å². The molecule has 106 valence electrons. The highest BCUT2D eigenvalue weighted by Crippen LogP contribution is 2.30. The first kappa shape index (κ1) is 13.5. The maximum atomic E-state index is 9.31. The molecule has 2 N–H and O–H groups in total. The molecule has 0 saturated carbocycles. The Labute approximate surface area is 122 Å². The third kappa shape index (κ3) is 2.86. The number of rotatable bonds is 4. The fraction of sp³-hybridized carbons (Fsp3) is 0.118. The van der Waals surface area contributed by atoms with Crippen LogP contribution >= 0.6 is 0 Å². The van der Waals surface area contributed by atoms with Gasteiger partial charge in [-0.1, -0.05) is 24.3 Å². The lowest BCUT2D eigenvalue weighted by Gasteiger charge is -2.10. The summed E-state index contributed by atoms with van der Waals surface area (Å²) in [6.45, 7) is -0.127. The smallest absolute Gasteiger partial charge is 0.138 e. The number of hydrogen-bond acceptors (Lipinski definition) is 4. The summed E-state index contributed by atoms with van der Waals surface area (Å²) < 4.78 is 5.90. The molecule has 0 bridgehead atoms. The van der Waals surface area contributed by atoms with E-state index in [0.29, 0.717) is 17.2 Å². The first-order valence-electron chi connectivity index (χ1n) is 6.67. The Morgan fingerprint density at radius 3 is 2.38 bits per heavy atom. The van der Waals surface area contributed by atoms with Crippen LogP contribution in [0.5, 0.6) is 11.5 Å². The topological polar surface area (TPSA) is 62.6 Å². The zero-order chi connectivity index (χ0) is 14.7. The number of ether oxygens (including phenoxy) is 1. The van der Waals surface area contributed by atoms with Crippen molar-refractivity contribution in [3.8, 4) is 11.5 Å². The second-order valence-electron chi connectivity index (χ2n) is 4.69. The lowest BCUT2D eigenvalue weighted by Crippen LogP contribution is -1.94. The van der Waals surface area contributed by atoms with Crippen LogP contribution in [-0.2, 0) is 13.2 Å². The van der Waals surface area contributed by atoms with Crippen LogP contribution in [-0.4, -0.2) is 15.2 Å². The fourth-order valence-corrected chi connectivity index (χ4v) is 2.15. The van der Waals surface area contributed by atoms with Crippen molar-refractivity contribution in [2.45, 2.75) is 13.2 Å². The molecule has 0 unspecified atom stereocenters. The zero-order valence-corrected chi connectivity index (χ0v) is 11.4. The number of para-hydroxylation sites is 1. The number of nitrogens with zero attached hydrogens (tertiary/aromatic N) is 1. The van der Waals surface area contributed by atoms with E-state index < -0.39 is 0 Å². The monoisotopic (exact) mass is 281 g/mol. The predicted molar refractivity (Wildman–Crippen MR) is 80.1 cm³/mol. The molecule has 21 heavy (non-hydrogen) atoms. The first-order valence-corrected chi connectivity index (χ1v) is 6.67. The van der Waals surface area contributed by atoms with Crippen molar-refractivity contribution in [3.63, 3.8) is 0 Å². The van der Waals surface area contributed by atoms with E-state index in [1.807, 2.05) is 36.4 Å². The number of aliphatic hydroxyl groups excluding tert-OH is 2. The van der Waals surface area contributed by atoms with Crippen molar-refractivity contribution in [1.82, 2.24) is 4.98 Å². The molecule has 1 heterocycles. The number of aliphatic hydroxyl groups is 2.